The molecule has 0 heterocycles. The van der Waals surface area contributed by atoms with Gasteiger partial charge in [0.25, 0.3) is 0 Å². The molecule has 1 aromatic carbocycles. The number of unbranched alkanes of at least 4 members (excludes halogenated alkanes) is 1. The normalized spacial score (nSPS) is 11.2. The predicted octanol–water partition coefficient (Wildman–Crippen LogP) is 2.94. The Labute approximate surface area is 151 Å². The summed E-state index contributed by atoms with van der Waals surface area (Å²) < 4.78 is 38.1. The second-order valence-electron chi connectivity index (χ2n) is 5.89. The number of carbonyl (C=O) groups is 2. The first-order chi connectivity index (χ1) is 12.3. The average molecular weight is 367 g/mol. The number of ether oxygens (including phenoxy) is 2. The lowest BCUT2D eigenvalue weighted by atomic mass is 10.1. The van der Waals surface area contributed by atoms with Crippen molar-refractivity contribution in [3.63, 3.8) is 0 Å². The van der Waals surface area contributed by atoms with E-state index in [4.69, 9.17) is 10.5 Å². The number of hydrogen-bond donors (Lipinski definition) is 1. The first-order valence-corrected chi connectivity index (χ1v) is 8.30. The standard InChI is InChI=1S/C19H23F2NO4/c1-13(8-11-17(22)23)12-26-16-10-9-15(20)14(19(16)21)6-4-3-5-7-18(24)25-2/h9-10,13H,3,5,7-8,11-12H2,1-2H3,(H2,22,23)/t13-/m0/s1. The van der Waals surface area contributed by atoms with Crippen LogP contribution in [0.2, 0.25) is 0 Å². The third kappa shape index (κ3) is 7.51. The van der Waals surface area contributed by atoms with Gasteiger partial charge in [0.15, 0.2) is 11.6 Å². The van der Waals surface area contributed by atoms with E-state index in [0.717, 1.165) is 6.07 Å². The van der Waals surface area contributed by atoms with Crippen molar-refractivity contribution in [1.82, 2.24) is 0 Å². The van der Waals surface area contributed by atoms with Gasteiger partial charge in [0.05, 0.1) is 19.3 Å². The van der Waals surface area contributed by atoms with Gasteiger partial charge < -0.3 is 15.2 Å². The lowest BCUT2D eigenvalue weighted by Crippen LogP contribution is -2.15. The van der Waals surface area contributed by atoms with Crippen molar-refractivity contribution < 1.29 is 27.8 Å². The summed E-state index contributed by atoms with van der Waals surface area (Å²) in [6.07, 6.45) is 1.69. The number of rotatable bonds is 9. The number of carbonyl (C=O) groups excluding carboxylic acids is 2. The zero-order valence-corrected chi connectivity index (χ0v) is 14.9. The van der Waals surface area contributed by atoms with Crippen LogP contribution in [0.1, 0.15) is 44.6 Å². The molecule has 0 aliphatic heterocycles. The lowest BCUT2D eigenvalue weighted by Gasteiger charge is -2.13. The number of esters is 1. The second kappa shape index (κ2) is 11.1. The van der Waals surface area contributed by atoms with Crippen molar-refractivity contribution in [2.24, 2.45) is 11.7 Å². The van der Waals surface area contributed by atoms with Crippen LogP contribution in [0.3, 0.4) is 0 Å². The molecular weight excluding hydrogens is 344 g/mol. The van der Waals surface area contributed by atoms with Crippen LogP contribution < -0.4 is 10.5 Å². The van der Waals surface area contributed by atoms with E-state index in [1.807, 2.05) is 6.92 Å². The SMILES string of the molecule is COC(=O)CCCC#Cc1c(F)ccc(OC[C@@H](C)CCC(N)=O)c1F. The molecule has 0 aromatic heterocycles. The summed E-state index contributed by atoms with van der Waals surface area (Å²) in [6, 6.07) is 2.29. The number of nitrogens with two attached hydrogens (primary N) is 1. The zero-order chi connectivity index (χ0) is 19.5. The Kier molecular flexibility index (Phi) is 9.13. The maximum atomic E-state index is 14.4. The first-order valence-electron chi connectivity index (χ1n) is 8.30. The smallest absolute Gasteiger partial charge is 0.305 e. The van der Waals surface area contributed by atoms with E-state index >= 15 is 0 Å². The Balaban J connectivity index is 2.67. The van der Waals surface area contributed by atoms with Crippen molar-refractivity contribution in [2.45, 2.75) is 39.0 Å². The average Bonchev–Trinajstić information content (AvgIpc) is 2.61. The minimum absolute atomic E-state index is 0.0141. The Hall–Kier alpha value is -2.62. The summed E-state index contributed by atoms with van der Waals surface area (Å²) in [6.45, 7) is 2.01. The van der Waals surface area contributed by atoms with Crippen LogP contribution >= 0.6 is 0 Å². The third-order valence-electron chi connectivity index (χ3n) is 3.59. The number of benzene rings is 1. The van der Waals surface area contributed by atoms with Gasteiger partial charge in [0.2, 0.25) is 5.91 Å². The third-order valence-corrected chi connectivity index (χ3v) is 3.59. The molecule has 1 aromatic rings. The molecule has 0 saturated carbocycles. The fraction of sp³-hybridized carbons (Fsp3) is 0.474. The molecular formula is C19H23F2NO4. The second-order valence-corrected chi connectivity index (χ2v) is 5.89. The molecule has 2 N–H and O–H groups in total. The van der Waals surface area contributed by atoms with E-state index in [-0.39, 0.29) is 42.6 Å². The van der Waals surface area contributed by atoms with Crippen LogP contribution in [0.15, 0.2) is 12.1 Å². The molecule has 1 amide bonds. The maximum absolute atomic E-state index is 14.4. The highest BCUT2D eigenvalue weighted by Crippen LogP contribution is 2.23. The molecule has 0 unspecified atom stereocenters. The minimum Gasteiger partial charge on any atom is -0.490 e. The fourth-order valence-corrected chi connectivity index (χ4v) is 2.04. The van der Waals surface area contributed by atoms with E-state index in [1.165, 1.54) is 13.2 Å². The van der Waals surface area contributed by atoms with E-state index in [1.54, 1.807) is 0 Å². The summed E-state index contributed by atoms with van der Waals surface area (Å²) in [5.41, 5.74) is 4.71. The molecule has 0 aliphatic rings. The van der Waals surface area contributed by atoms with Crippen LogP contribution in [0.25, 0.3) is 0 Å². The van der Waals surface area contributed by atoms with Gasteiger partial charge in [0, 0.05) is 19.3 Å². The summed E-state index contributed by atoms with van der Waals surface area (Å²) in [7, 11) is 1.29. The summed E-state index contributed by atoms with van der Waals surface area (Å²) in [4.78, 5) is 21.7. The molecule has 7 heteroatoms. The van der Waals surface area contributed by atoms with Crippen molar-refractivity contribution >= 4 is 11.9 Å². The Morgan fingerprint density at radius 1 is 1.27 bits per heavy atom. The Morgan fingerprint density at radius 2 is 2.00 bits per heavy atom. The number of amides is 1. The van der Waals surface area contributed by atoms with Gasteiger partial charge in [-0.15, -0.1) is 0 Å². The zero-order valence-electron chi connectivity index (χ0n) is 14.9. The molecule has 26 heavy (non-hydrogen) atoms. The van der Waals surface area contributed by atoms with Crippen LogP contribution in [-0.4, -0.2) is 25.6 Å². The van der Waals surface area contributed by atoms with Crippen LogP contribution in [0, 0.1) is 29.4 Å². The van der Waals surface area contributed by atoms with E-state index in [9.17, 15) is 18.4 Å². The summed E-state index contributed by atoms with van der Waals surface area (Å²) >= 11 is 0. The molecule has 1 atom stereocenters. The monoisotopic (exact) mass is 367 g/mol. The molecule has 0 fully saturated rings. The van der Waals surface area contributed by atoms with Crippen molar-refractivity contribution in [3.05, 3.63) is 29.3 Å². The first kappa shape index (κ1) is 21.4. The maximum Gasteiger partial charge on any atom is 0.305 e. The summed E-state index contributed by atoms with van der Waals surface area (Å²) in [5.74, 6) is 2.56. The highest BCUT2D eigenvalue weighted by Gasteiger charge is 2.14. The number of halogens is 2. The predicted molar refractivity (Wildman–Crippen MR) is 92.2 cm³/mol. The van der Waals surface area contributed by atoms with Crippen LogP contribution in [-0.2, 0) is 14.3 Å². The number of primary amides is 1. The van der Waals surface area contributed by atoms with Crippen molar-refractivity contribution in [3.8, 4) is 17.6 Å². The van der Waals surface area contributed by atoms with Gasteiger partial charge in [-0.2, -0.15) is 0 Å². The van der Waals surface area contributed by atoms with Gasteiger partial charge >= 0.3 is 5.97 Å². The highest BCUT2D eigenvalue weighted by molar-refractivity contribution is 5.73. The van der Waals surface area contributed by atoms with Crippen LogP contribution in [0.5, 0.6) is 5.75 Å². The van der Waals surface area contributed by atoms with E-state index < -0.39 is 17.5 Å². The van der Waals surface area contributed by atoms with Crippen LogP contribution in [0.4, 0.5) is 8.78 Å². The van der Waals surface area contributed by atoms with E-state index in [2.05, 4.69) is 16.6 Å². The molecule has 1 rings (SSSR count). The minimum atomic E-state index is -0.868. The Morgan fingerprint density at radius 3 is 2.65 bits per heavy atom. The largest absolute Gasteiger partial charge is 0.490 e. The van der Waals surface area contributed by atoms with Gasteiger partial charge in [-0.1, -0.05) is 18.8 Å². The van der Waals surface area contributed by atoms with Crippen molar-refractivity contribution in [2.75, 3.05) is 13.7 Å². The molecule has 0 spiro atoms. The highest BCUT2D eigenvalue weighted by atomic mass is 19.1. The summed E-state index contributed by atoms with van der Waals surface area (Å²) in [5, 5.41) is 0. The molecule has 0 bridgehead atoms. The number of methoxy groups -OCH3 is 1. The molecule has 142 valence electrons. The molecule has 0 saturated heterocycles. The van der Waals surface area contributed by atoms with Gasteiger partial charge in [-0.25, -0.2) is 8.78 Å². The number of hydrogen-bond acceptors (Lipinski definition) is 4. The van der Waals surface area contributed by atoms with Crippen molar-refractivity contribution in [1.29, 1.82) is 0 Å². The van der Waals surface area contributed by atoms with Gasteiger partial charge in [0.1, 0.15) is 5.82 Å². The quantitative estimate of drug-likeness (QED) is 0.413. The van der Waals surface area contributed by atoms with E-state index in [0.29, 0.717) is 19.3 Å². The van der Waals surface area contributed by atoms with Gasteiger partial charge in [-0.3, -0.25) is 9.59 Å². The Bertz CT molecular complexity index is 695. The molecule has 5 nitrogen and oxygen atoms in total. The molecule has 0 aliphatic carbocycles. The lowest BCUT2D eigenvalue weighted by molar-refractivity contribution is -0.140. The molecule has 0 radical (unpaired) electrons. The fourth-order valence-electron chi connectivity index (χ4n) is 2.04. The van der Waals surface area contributed by atoms with Gasteiger partial charge in [-0.05, 0) is 30.9 Å². The topological polar surface area (TPSA) is 78.6 Å².